The molecule has 0 fully saturated rings. The van der Waals surface area contributed by atoms with Gasteiger partial charge in [-0.25, -0.2) is 14.8 Å². The Labute approximate surface area is 161 Å². The summed E-state index contributed by atoms with van der Waals surface area (Å²) in [7, 11) is 2.93. The topological polar surface area (TPSA) is 110 Å². The van der Waals surface area contributed by atoms with Crippen molar-refractivity contribution in [2.24, 2.45) is 14.1 Å². The summed E-state index contributed by atoms with van der Waals surface area (Å²) in [5, 5.41) is 11.2. The minimum absolute atomic E-state index is 0.174. The minimum atomic E-state index is -1.18. The van der Waals surface area contributed by atoms with Crippen LogP contribution in [0.4, 0.5) is 0 Å². The first-order valence-electron chi connectivity index (χ1n) is 9.15. The molecule has 8 nitrogen and oxygen atoms in total. The Hall–Kier alpha value is -2.16. The zero-order valence-corrected chi connectivity index (χ0v) is 17.0. The normalized spacial score (nSPS) is 12.4. The number of aryl methyl sites for hydroxylation is 2. The highest BCUT2D eigenvalue weighted by atomic mass is 32.2. The van der Waals surface area contributed by atoms with Gasteiger partial charge in [0.1, 0.15) is 16.2 Å². The molecule has 0 aliphatic carbocycles. The highest BCUT2D eigenvalue weighted by molar-refractivity contribution is 8.00. The number of carbonyl (C=O) groups is 1. The predicted molar refractivity (Wildman–Crippen MR) is 103 cm³/mol. The van der Waals surface area contributed by atoms with E-state index in [1.807, 2.05) is 13.8 Å². The van der Waals surface area contributed by atoms with Crippen molar-refractivity contribution in [3.05, 3.63) is 26.7 Å². The number of hydrogen-bond donors (Lipinski definition) is 0. The molecule has 0 amide bonds. The van der Waals surface area contributed by atoms with Crippen LogP contribution >= 0.6 is 11.8 Å². The molecule has 1 atom stereocenters. The van der Waals surface area contributed by atoms with Gasteiger partial charge in [-0.15, -0.1) is 0 Å². The van der Waals surface area contributed by atoms with E-state index in [1.165, 1.54) is 11.6 Å². The molecule has 0 spiro atoms. The first-order chi connectivity index (χ1) is 12.8. The molecule has 2 heterocycles. The molecule has 0 radical (unpaired) electrons. The number of aromatic nitrogens is 4. The van der Waals surface area contributed by atoms with Gasteiger partial charge in [-0.05, 0) is 12.8 Å². The van der Waals surface area contributed by atoms with Crippen LogP contribution in [0.15, 0.2) is 14.6 Å². The van der Waals surface area contributed by atoms with E-state index in [4.69, 9.17) is 0 Å². The smallest absolute Gasteiger partial charge is 0.332 e. The van der Waals surface area contributed by atoms with E-state index >= 15 is 0 Å². The monoisotopic (exact) mass is 393 g/mol. The fraction of sp³-hybridized carbons (Fsp3) is 0.611. The number of carboxylic acid groups (broad SMARTS) is 1. The highest BCUT2D eigenvalue weighted by Crippen LogP contribution is 2.29. The summed E-state index contributed by atoms with van der Waals surface area (Å²) in [5.74, 6) is -0.681. The third kappa shape index (κ3) is 4.58. The number of aliphatic carboxylic acids is 1. The van der Waals surface area contributed by atoms with Crippen molar-refractivity contribution in [3.8, 4) is 0 Å². The van der Waals surface area contributed by atoms with Gasteiger partial charge in [0.25, 0.3) is 5.56 Å². The molecule has 0 unspecified atom stereocenters. The van der Waals surface area contributed by atoms with Crippen LogP contribution in [0.5, 0.6) is 0 Å². The van der Waals surface area contributed by atoms with E-state index in [-0.39, 0.29) is 11.0 Å². The number of carboxylic acids is 1. The molecule has 0 bridgehead atoms. The summed E-state index contributed by atoms with van der Waals surface area (Å²) in [5.41, 5.74) is -0.768. The molecule has 2 aromatic rings. The lowest BCUT2D eigenvalue weighted by atomic mass is 10.2. The summed E-state index contributed by atoms with van der Waals surface area (Å²) in [6, 6.07) is 0. The zero-order valence-electron chi connectivity index (χ0n) is 16.2. The third-order valence-electron chi connectivity index (χ3n) is 4.40. The summed E-state index contributed by atoms with van der Waals surface area (Å²) in [4.78, 5) is 45.4. The average Bonchev–Trinajstić information content (AvgIpc) is 2.65. The molecule has 0 saturated carbocycles. The predicted octanol–water partition coefficient (Wildman–Crippen LogP) is 0.771. The van der Waals surface area contributed by atoms with Gasteiger partial charge in [-0.3, -0.25) is 13.9 Å². The van der Waals surface area contributed by atoms with E-state index < -0.39 is 22.5 Å². The van der Waals surface area contributed by atoms with Crippen molar-refractivity contribution >= 4 is 28.8 Å². The maximum absolute atomic E-state index is 12.7. The SMILES string of the molecule is CCCCc1nc(S[C@@H](CCCC)C(=O)[O-])c2c(=O)n(C)c(=O)n(C)c2n1. The first kappa shape index (κ1) is 21.1. The number of carbonyl (C=O) groups excluding carboxylic acids is 1. The van der Waals surface area contributed by atoms with E-state index in [2.05, 4.69) is 9.97 Å². The van der Waals surface area contributed by atoms with Crippen molar-refractivity contribution in [2.75, 3.05) is 0 Å². The molecule has 0 saturated heterocycles. The highest BCUT2D eigenvalue weighted by Gasteiger charge is 2.21. The van der Waals surface area contributed by atoms with Gasteiger partial charge in [0.2, 0.25) is 0 Å². The van der Waals surface area contributed by atoms with Gasteiger partial charge in [0.15, 0.2) is 5.65 Å². The summed E-state index contributed by atoms with van der Waals surface area (Å²) >= 11 is 1.01. The molecule has 2 rings (SSSR count). The second-order valence-electron chi connectivity index (χ2n) is 6.52. The van der Waals surface area contributed by atoms with Gasteiger partial charge >= 0.3 is 5.69 Å². The Kier molecular flexibility index (Phi) is 7.18. The van der Waals surface area contributed by atoms with Crippen LogP contribution in [-0.2, 0) is 25.3 Å². The minimum Gasteiger partial charge on any atom is -0.549 e. The maximum Gasteiger partial charge on any atom is 0.332 e. The molecular weight excluding hydrogens is 368 g/mol. The van der Waals surface area contributed by atoms with Crippen LogP contribution in [0.25, 0.3) is 11.0 Å². The molecule has 0 N–H and O–H groups in total. The number of rotatable bonds is 9. The van der Waals surface area contributed by atoms with Gasteiger partial charge in [-0.1, -0.05) is 44.9 Å². The Morgan fingerprint density at radius 1 is 1.11 bits per heavy atom. The average molecular weight is 393 g/mol. The number of unbranched alkanes of at least 4 members (excludes halogenated alkanes) is 2. The summed E-state index contributed by atoms with van der Waals surface area (Å²) in [6.45, 7) is 4.02. The van der Waals surface area contributed by atoms with Crippen LogP contribution in [0.1, 0.15) is 51.8 Å². The van der Waals surface area contributed by atoms with Crippen molar-refractivity contribution in [2.45, 2.75) is 62.6 Å². The van der Waals surface area contributed by atoms with Crippen LogP contribution in [0.2, 0.25) is 0 Å². The molecule has 27 heavy (non-hydrogen) atoms. The zero-order chi connectivity index (χ0) is 20.1. The van der Waals surface area contributed by atoms with Crippen molar-refractivity contribution < 1.29 is 9.90 Å². The maximum atomic E-state index is 12.7. The first-order valence-corrected chi connectivity index (χ1v) is 10.0. The molecule has 0 aromatic carbocycles. The van der Waals surface area contributed by atoms with Gasteiger partial charge in [-0.2, -0.15) is 0 Å². The van der Waals surface area contributed by atoms with Crippen LogP contribution in [-0.4, -0.2) is 30.3 Å². The molecule has 0 aliphatic rings. The number of thioether (sulfide) groups is 1. The Bertz CT molecular complexity index is 951. The van der Waals surface area contributed by atoms with Crippen LogP contribution < -0.4 is 16.4 Å². The van der Waals surface area contributed by atoms with E-state index in [0.717, 1.165) is 42.0 Å². The molecule has 9 heteroatoms. The van der Waals surface area contributed by atoms with Crippen molar-refractivity contribution in [1.29, 1.82) is 0 Å². The van der Waals surface area contributed by atoms with Gasteiger partial charge in [0, 0.05) is 20.5 Å². The van der Waals surface area contributed by atoms with E-state index in [9.17, 15) is 19.5 Å². The summed E-state index contributed by atoms with van der Waals surface area (Å²) < 4.78 is 2.29. The Morgan fingerprint density at radius 3 is 2.37 bits per heavy atom. The van der Waals surface area contributed by atoms with E-state index in [1.54, 1.807) is 7.05 Å². The second kappa shape index (κ2) is 9.16. The quantitative estimate of drug-likeness (QED) is 0.457. The lowest BCUT2D eigenvalue weighted by molar-refractivity contribution is -0.304. The third-order valence-corrected chi connectivity index (χ3v) is 5.64. The van der Waals surface area contributed by atoms with Gasteiger partial charge in [0.05, 0.1) is 11.2 Å². The summed E-state index contributed by atoms with van der Waals surface area (Å²) in [6.07, 6.45) is 4.39. The largest absolute Gasteiger partial charge is 0.549 e. The number of hydrogen-bond acceptors (Lipinski definition) is 7. The fourth-order valence-corrected chi connectivity index (χ4v) is 3.86. The standard InChI is InChI=1S/C18H26N4O4S/c1-5-7-9-11(17(24)25)27-15-13-14(19-12(20-15)10-8-6-2)21(3)18(26)22(4)16(13)23/h11H,5-10H2,1-4H3,(H,24,25)/p-1/t11-/m0/s1. The molecule has 148 valence electrons. The number of fused-ring (bicyclic) bond motifs is 1. The number of nitrogens with zero attached hydrogens (tertiary/aromatic N) is 4. The van der Waals surface area contributed by atoms with Crippen LogP contribution in [0, 0.1) is 0 Å². The van der Waals surface area contributed by atoms with Crippen molar-refractivity contribution in [3.63, 3.8) is 0 Å². The fourth-order valence-electron chi connectivity index (χ4n) is 2.75. The second-order valence-corrected chi connectivity index (χ2v) is 7.71. The molecule has 0 aliphatic heterocycles. The Balaban J connectivity index is 2.69. The molecular formula is C18H25N4O4S-. The van der Waals surface area contributed by atoms with Crippen molar-refractivity contribution in [1.82, 2.24) is 19.1 Å². The Morgan fingerprint density at radius 2 is 1.78 bits per heavy atom. The lowest BCUT2D eigenvalue weighted by Crippen LogP contribution is -2.38. The van der Waals surface area contributed by atoms with Crippen LogP contribution in [0.3, 0.4) is 0 Å². The molecule has 2 aromatic heterocycles. The lowest BCUT2D eigenvalue weighted by Gasteiger charge is -2.18. The van der Waals surface area contributed by atoms with E-state index in [0.29, 0.717) is 23.7 Å². The van der Waals surface area contributed by atoms with Gasteiger partial charge < -0.3 is 9.90 Å².